The van der Waals surface area contributed by atoms with Crippen LogP contribution in [0.2, 0.25) is 0 Å². The first-order valence-electron chi connectivity index (χ1n) is 10.9. The summed E-state index contributed by atoms with van der Waals surface area (Å²) in [7, 11) is 0. The molecule has 0 amide bonds. The van der Waals surface area contributed by atoms with E-state index in [2.05, 4.69) is 24.3 Å². The Morgan fingerprint density at radius 3 is 2.58 bits per heavy atom. The van der Waals surface area contributed by atoms with E-state index in [-0.39, 0.29) is 6.42 Å². The van der Waals surface area contributed by atoms with Gasteiger partial charge in [0.1, 0.15) is 0 Å². The van der Waals surface area contributed by atoms with E-state index < -0.39 is 5.97 Å². The second kappa shape index (κ2) is 10.3. The van der Waals surface area contributed by atoms with Crippen molar-refractivity contribution in [2.45, 2.75) is 95.7 Å². The predicted octanol–water partition coefficient (Wildman–Crippen LogP) is 5.90. The number of hydrogen-bond acceptors (Lipinski definition) is 2. The summed E-state index contributed by atoms with van der Waals surface area (Å²) in [4.78, 5) is 10.5. The Kier molecular flexibility index (Phi) is 7.79. The maximum Gasteiger partial charge on any atom is 0.303 e. The first kappa shape index (κ1) is 19.7. The third-order valence-corrected chi connectivity index (χ3v) is 6.65. The van der Waals surface area contributed by atoms with Crippen LogP contribution in [0.1, 0.15) is 83.5 Å². The van der Waals surface area contributed by atoms with Crippen LogP contribution in [0.3, 0.4) is 0 Å². The van der Waals surface area contributed by atoms with Gasteiger partial charge in [-0.3, -0.25) is 4.79 Å². The van der Waals surface area contributed by atoms with Gasteiger partial charge in [-0.05, 0) is 56.8 Å². The van der Waals surface area contributed by atoms with Crippen LogP contribution in [0.4, 0.5) is 0 Å². The molecule has 4 atom stereocenters. The Balaban J connectivity index is 1.40. The van der Waals surface area contributed by atoms with Crippen LogP contribution in [0.5, 0.6) is 0 Å². The number of carboxylic acids is 1. The van der Waals surface area contributed by atoms with E-state index in [1.165, 1.54) is 57.8 Å². The average Bonchev–Trinajstić information content (AvgIpc) is 3.24. The molecule has 3 rings (SSSR count). The molecule has 1 aliphatic carbocycles. The van der Waals surface area contributed by atoms with Crippen LogP contribution in [-0.2, 0) is 9.53 Å². The molecular weight excluding hydrogens is 324 g/mol. The summed E-state index contributed by atoms with van der Waals surface area (Å²) in [5.41, 5.74) is 0. The van der Waals surface area contributed by atoms with Crippen molar-refractivity contribution in [1.82, 2.24) is 0 Å². The molecule has 0 aromatic carbocycles. The Hall–Kier alpha value is -1.09. The lowest BCUT2D eigenvalue weighted by Gasteiger charge is -2.25. The fourth-order valence-corrected chi connectivity index (χ4v) is 5.19. The molecule has 2 bridgehead atoms. The van der Waals surface area contributed by atoms with Gasteiger partial charge in [0.25, 0.3) is 0 Å². The average molecular weight is 361 g/mol. The zero-order chi connectivity index (χ0) is 18.2. The number of rotatable bonds is 10. The molecule has 3 aliphatic rings. The molecule has 0 radical (unpaired) electrons. The van der Waals surface area contributed by atoms with Crippen molar-refractivity contribution in [3.63, 3.8) is 0 Å². The summed E-state index contributed by atoms with van der Waals surface area (Å²) in [5, 5.41) is 8.69. The van der Waals surface area contributed by atoms with E-state index in [9.17, 15) is 4.79 Å². The van der Waals surface area contributed by atoms with E-state index in [0.29, 0.717) is 24.0 Å². The standard InChI is InChI=1S/C23H36O3/c24-23(25)15-7-2-1-6-13-19-20(22-17-16-21(19)26-22)14-9-8-12-18-10-4-3-5-11-18/h1,6,9,14,18-22H,2-5,7-8,10-13,15-17H2,(H,24,25)/t19-,20?,21+,22?/m0/s1. The molecule has 1 saturated carbocycles. The molecule has 2 unspecified atom stereocenters. The van der Waals surface area contributed by atoms with Crippen LogP contribution in [0.25, 0.3) is 0 Å². The van der Waals surface area contributed by atoms with E-state index in [0.717, 1.165) is 25.2 Å². The highest BCUT2D eigenvalue weighted by molar-refractivity contribution is 5.66. The first-order chi connectivity index (χ1) is 12.7. The van der Waals surface area contributed by atoms with Gasteiger partial charge in [-0.2, -0.15) is 0 Å². The summed E-state index contributed by atoms with van der Waals surface area (Å²) in [5.74, 6) is 1.48. The Morgan fingerprint density at radius 2 is 1.77 bits per heavy atom. The Bertz CT molecular complexity index is 490. The monoisotopic (exact) mass is 360 g/mol. The third-order valence-electron chi connectivity index (χ3n) is 6.65. The molecule has 2 aliphatic heterocycles. The molecule has 0 spiro atoms. The summed E-state index contributed by atoms with van der Waals surface area (Å²) in [6.07, 6.45) is 25.4. The predicted molar refractivity (Wildman–Crippen MR) is 105 cm³/mol. The van der Waals surface area contributed by atoms with Crippen molar-refractivity contribution in [2.24, 2.45) is 17.8 Å². The molecule has 3 nitrogen and oxygen atoms in total. The largest absolute Gasteiger partial charge is 0.481 e. The van der Waals surface area contributed by atoms with Gasteiger partial charge in [0.15, 0.2) is 0 Å². The number of fused-ring (bicyclic) bond motifs is 2. The molecule has 2 saturated heterocycles. The zero-order valence-corrected chi connectivity index (χ0v) is 16.2. The molecule has 26 heavy (non-hydrogen) atoms. The smallest absolute Gasteiger partial charge is 0.303 e. The highest BCUT2D eigenvalue weighted by Gasteiger charge is 2.46. The second-order valence-corrected chi connectivity index (χ2v) is 8.53. The normalized spacial score (nSPS) is 32.2. The minimum absolute atomic E-state index is 0.272. The minimum Gasteiger partial charge on any atom is -0.481 e. The number of aliphatic carboxylic acids is 1. The van der Waals surface area contributed by atoms with Crippen LogP contribution in [0.15, 0.2) is 24.3 Å². The number of hydrogen-bond donors (Lipinski definition) is 1. The maximum atomic E-state index is 10.5. The molecule has 146 valence electrons. The van der Waals surface area contributed by atoms with Gasteiger partial charge < -0.3 is 9.84 Å². The minimum atomic E-state index is -0.696. The number of carbonyl (C=O) groups is 1. The van der Waals surface area contributed by atoms with E-state index in [1.54, 1.807) is 0 Å². The quantitative estimate of drug-likeness (QED) is 0.390. The van der Waals surface area contributed by atoms with E-state index in [4.69, 9.17) is 9.84 Å². The van der Waals surface area contributed by atoms with Crippen LogP contribution < -0.4 is 0 Å². The summed E-state index contributed by atoms with van der Waals surface area (Å²) < 4.78 is 6.19. The van der Waals surface area contributed by atoms with Crippen molar-refractivity contribution in [2.75, 3.05) is 0 Å². The lowest BCUT2D eigenvalue weighted by Crippen LogP contribution is -2.25. The van der Waals surface area contributed by atoms with Gasteiger partial charge in [0.05, 0.1) is 12.2 Å². The van der Waals surface area contributed by atoms with Crippen molar-refractivity contribution in [1.29, 1.82) is 0 Å². The maximum absolute atomic E-state index is 10.5. The van der Waals surface area contributed by atoms with Crippen LogP contribution in [0, 0.1) is 17.8 Å². The third kappa shape index (κ3) is 5.70. The molecular formula is C23H36O3. The first-order valence-corrected chi connectivity index (χ1v) is 10.9. The fourth-order valence-electron chi connectivity index (χ4n) is 5.19. The second-order valence-electron chi connectivity index (χ2n) is 8.53. The van der Waals surface area contributed by atoms with E-state index in [1.807, 2.05) is 0 Å². The molecule has 2 heterocycles. The van der Waals surface area contributed by atoms with Crippen molar-refractivity contribution >= 4 is 5.97 Å². The molecule has 3 fully saturated rings. The Morgan fingerprint density at radius 1 is 0.962 bits per heavy atom. The summed E-state index contributed by atoms with van der Waals surface area (Å²) >= 11 is 0. The van der Waals surface area contributed by atoms with Gasteiger partial charge in [-0.1, -0.05) is 56.4 Å². The van der Waals surface area contributed by atoms with Crippen molar-refractivity contribution < 1.29 is 14.6 Å². The zero-order valence-electron chi connectivity index (χ0n) is 16.2. The number of ether oxygens (including phenoxy) is 1. The van der Waals surface area contributed by atoms with Gasteiger partial charge in [0, 0.05) is 12.3 Å². The van der Waals surface area contributed by atoms with Crippen LogP contribution >= 0.6 is 0 Å². The Labute approximate surface area is 158 Å². The topological polar surface area (TPSA) is 46.5 Å². The number of carboxylic acid groups (broad SMARTS) is 1. The molecule has 0 aromatic heterocycles. The molecule has 1 N–H and O–H groups in total. The lowest BCUT2D eigenvalue weighted by molar-refractivity contribution is -0.137. The van der Waals surface area contributed by atoms with E-state index >= 15 is 0 Å². The number of unbranched alkanes of at least 4 members (excludes halogenated alkanes) is 1. The summed E-state index contributed by atoms with van der Waals surface area (Å²) in [6, 6.07) is 0. The van der Waals surface area contributed by atoms with Gasteiger partial charge in [-0.15, -0.1) is 0 Å². The van der Waals surface area contributed by atoms with Gasteiger partial charge in [-0.25, -0.2) is 0 Å². The highest BCUT2D eigenvalue weighted by atomic mass is 16.5. The SMILES string of the molecule is O=C(O)CCCC=CC[C@H]1C(C=CCCC2CCCCC2)C2CC[C@H]1O2. The number of allylic oxidation sites excluding steroid dienone is 3. The van der Waals surface area contributed by atoms with Crippen LogP contribution in [-0.4, -0.2) is 23.3 Å². The fraction of sp³-hybridized carbons (Fsp3) is 0.783. The van der Waals surface area contributed by atoms with Gasteiger partial charge in [0.2, 0.25) is 0 Å². The lowest BCUT2D eigenvalue weighted by atomic mass is 9.77. The molecule has 3 heteroatoms. The van der Waals surface area contributed by atoms with Crippen molar-refractivity contribution in [3.8, 4) is 0 Å². The summed E-state index contributed by atoms with van der Waals surface area (Å²) in [6.45, 7) is 0. The van der Waals surface area contributed by atoms with Crippen molar-refractivity contribution in [3.05, 3.63) is 24.3 Å². The van der Waals surface area contributed by atoms with Gasteiger partial charge >= 0.3 is 5.97 Å². The molecule has 0 aromatic rings. The highest BCUT2D eigenvalue weighted by Crippen LogP contribution is 2.46.